The van der Waals surface area contributed by atoms with Gasteiger partial charge >= 0.3 is 0 Å². The fourth-order valence-electron chi connectivity index (χ4n) is 3.73. The van der Waals surface area contributed by atoms with Crippen LogP contribution >= 0.6 is 15.9 Å². The molecule has 1 saturated carbocycles. The van der Waals surface area contributed by atoms with E-state index in [-0.39, 0.29) is 12.5 Å². The van der Waals surface area contributed by atoms with Crippen molar-refractivity contribution in [1.29, 1.82) is 0 Å². The molecule has 1 aromatic carbocycles. The van der Waals surface area contributed by atoms with Crippen molar-refractivity contribution in [1.82, 2.24) is 9.88 Å². The molecule has 4 nitrogen and oxygen atoms in total. The van der Waals surface area contributed by atoms with Crippen molar-refractivity contribution in [2.24, 2.45) is 5.92 Å². The molecule has 2 N–H and O–H groups in total. The van der Waals surface area contributed by atoms with Gasteiger partial charge in [0.25, 0.3) is 5.91 Å². The molecule has 5 heteroatoms. The van der Waals surface area contributed by atoms with E-state index < -0.39 is 0 Å². The Kier molecular flexibility index (Phi) is 5.95. The van der Waals surface area contributed by atoms with Gasteiger partial charge in [0.1, 0.15) is 0 Å². The normalized spacial score (nSPS) is 15.8. The zero-order chi connectivity index (χ0) is 16.9. The van der Waals surface area contributed by atoms with E-state index in [0.29, 0.717) is 12.1 Å². The van der Waals surface area contributed by atoms with E-state index in [0.717, 1.165) is 34.3 Å². The number of aromatic nitrogens is 1. The number of carbonyl (C=O) groups is 1. The van der Waals surface area contributed by atoms with E-state index in [1.54, 1.807) is 0 Å². The van der Waals surface area contributed by atoms with Gasteiger partial charge in [0.15, 0.2) is 0 Å². The molecule has 1 aromatic heterocycles. The van der Waals surface area contributed by atoms with E-state index in [1.807, 2.05) is 29.0 Å². The first-order valence-corrected chi connectivity index (χ1v) is 9.66. The Hall–Kier alpha value is -1.33. The number of carbonyl (C=O) groups excluding carboxylic acids is 1. The number of nitrogens with one attached hydrogen (secondary N) is 1. The van der Waals surface area contributed by atoms with Crippen LogP contribution in [0, 0.1) is 5.92 Å². The second-order valence-electron chi connectivity index (χ2n) is 6.64. The first-order valence-electron chi connectivity index (χ1n) is 8.87. The highest BCUT2D eigenvalue weighted by Crippen LogP contribution is 2.29. The number of fused-ring (bicyclic) bond motifs is 1. The molecule has 0 saturated heterocycles. The zero-order valence-corrected chi connectivity index (χ0v) is 15.5. The van der Waals surface area contributed by atoms with Crippen molar-refractivity contribution in [2.45, 2.75) is 45.1 Å². The molecule has 2 aromatic rings. The van der Waals surface area contributed by atoms with Crippen LogP contribution in [0.3, 0.4) is 0 Å². The molecule has 0 radical (unpaired) electrons. The van der Waals surface area contributed by atoms with Gasteiger partial charge in [0.2, 0.25) is 0 Å². The standard InChI is InChI=1S/C19H25BrN2O2/c20-16-7-4-8-17-18(16)15(13-22(17)11-12-23)19(24)21-10-9-14-5-2-1-3-6-14/h4,7-8,13-14,23H,1-3,5-6,9-12H2,(H,21,24). The van der Waals surface area contributed by atoms with Crippen molar-refractivity contribution < 1.29 is 9.90 Å². The van der Waals surface area contributed by atoms with Gasteiger partial charge in [0.05, 0.1) is 17.7 Å². The molecule has 1 heterocycles. The number of aliphatic hydroxyl groups excluding tert-OH is 1. The third-order valence-electron chi connectivity index (χ3n) is 5.00. The first kappa shape index (κ1) is 17.5. The molecular formula is C19H25BrN2O2. The summed E-state index contributed by atoms with van der Waals surface area (Å²) in [5.41, 5.74) is 1.64. The minimum Gasteiger partial charge on any atom is -0.395 e. The Labute approximate surface area is 151 Å². The van der Waals surface area contributed by atoms with Crippen LogP contribution in [-0.4, -0.2) is 28.7 Å². The van der Waals surface area contributed by atoms with Gasteiger partial charge in [-0.25, -0.2) is 0 Å². The lowest BCUT2D eigenvalue weighted by atomic mass is 9.87. The van der Waals surface area contributed by atoms with Crippen molar-refractivity contribution in [2.75, 3.05) is 13.2 Å². The van der Waals surface area contributed by atoms with E-state index in [9.17, 15) is 9.90 Å². The van der Waals surface area contributed by atoms with Crippen LogP contribution in [0.1, 0.15) is 48.9 Å². The minimum atomic E-state index is -0.0283. The zero-order valence-electron chi connectivity index (χ0n) is 13.9. The fourth-order valence-corrected chi connectivity index (χ4v) is 4.30. The summed E-state index contributed by atoms with van der Waals surface area (Å²) in [4.78, 5) is 12.7. The highest BCUT2D eigenvalue weighted by molar-refractivity contribution is 9.10. The van der Waals surface area contributed by atoms with Gasteiger partial charge < -0.3 is 15.0 Å². The largest absolute Gasteiger partial charge is 0.395 e. The summed E-state index contributed by atoms with van der Waals surface area (Å²) in [6.45, 7) is 1.28. The van der Waals surface area contributed by atoms with Gasteiger partial charge in [-0.1, -0.05) is 54.1 Å². The van der Waals surface area contributed by atoms with Crippen molar-refractivity contribution in [3.05, 3.63) is 34.4 Å². The Morgan fingerprint density at radius 2 is 2.08 bits per heavy atom. The molecule has 1 aliphatic carbocycles. The van der Waals surface area contributed by atoms with Crippen LogP contribution in [-0.2, 0) is 6.54 Å². The summed E-state index contributed by atoms with van der Waals surface area (Å²) in [6, 6.07) is 5.88. The average molecular weight is 393 g/mol. The van der Waals surface area contributed by atoms with Gasteiger partial charge in [-0.05, 0) is 24.5 Å². The molecule has 0 spiro atoms. The smallest absolute Gasteiger partial charge is 0.253 e. The summed E-state index contributed by atoms with van der Waals surface area (Å²) in [7, 11) is 0. The lowest BCUT2D eigenvalue weighted by Crippen LogP contribution is -2.26. The van der Waals surface area contributed by atoms with Crippen molar-refractivity contribution in [3.8, 4) is 0 Å². The lowest BCUT2D eigenvalue weighted by Gasteiger charge is -2.21. The molecule has 1 fully saturated rings. The molecule has 0 unspecified atom stereocenters. The highest BCUT2D eigenvalue weighted by atomic mass is 79.9. The Morgan fingerprint density at radius 3 is 2.83 bits per heavy atom. The van der Waals surface area contributed by atoms with Gasteiger partial charge in [-0.3, -0.25) is 4.79 Å². The monoisotopic (exact) mass is 392 g/mol. The van der Waals surface area contributed by atoms with Gasteiger partial charge in [-0.15, -0.1) is 0 Å². The van der Waals surface area contributed by atoms with E-state index in [1.165, 1.54) is 32.1 Å². The molecule has 3 rings (SSSR count). The molecule has 0 bridgehead atoms. The molecule has 130 valence electrons. The Bertz CT molecular complexity index is 705. The van der Waals surface area contributed by atoms with Crippen LogP contribution in [0.2, 0.25) is 0 Å². The van der Waals surface area contributed by atoms with Crippen molar-refractivity contribution in [3.63, 3.8) is 0 Å². The predicted octanol–water partition coefficient (Wildman–Crippen LogP) is 4.10. The van der Waals surface area contributed by atoms with E-state index in [4.69, 9.17) is 0 Å². The minimum absolute atomic E-state index is 0.0283. The maximum Gasteiger partial charge on any atom is 0.253 e. The van der Waals surface area contributed by atoms with E-state index >= 15 is 0 Å². The van der Waals surface area contributed by atoms with Gasteiger partial charge in [-0.2, -0.15) is 0 Å². The number of amides is 1. The Balaban J connectivity index is 1.72. The molecule has 0 aliphatic heterocycles. The van der Waals surface area contributed by atoms with Crippen LogP contribution in [0.25, 0.3) is 10.9 Å². The lowest BCUT2D eigenvalue weighted by molar-refractivity contribution is 0.0951. The van der Waals surface area contributed by atoms with Crippen LogP contribution in [0.15, 0.2) is 28.9 Å². The second kappa shape index (κ2) is 8.17. The first-order chi connectivity index (χ1) is 11.7. The maximum absolute atomic E-state index is 12.7. The quantitative estimate of drug-likeness (QED) is 0.777. The third-order valence-corrected chi connectivity index (χ3v) is 5.66. The SMILES string of the molecule is O=C(NCCC1CCCCC1)c1cn(CCO)c2cccc(Br)c12. The third kappa shape index (κ3) is 3.83. The average Bonchev–Trinajstić information content (AvgIpc) is 2.96. The Morgan fingerprint density at radius 1 is 1.29 bits per heavy atom. The predicted molar refractivity (Wildman–Crippen MR) is 100 cm³/mol. The summed E-state index contributed by atoms with van der Waals surface area (Å²) < 4.78 is 2.85. The maximum atomic E-state index is 12.7. The van der Waals surface area contributed by atoms with Gasteiger partial charge in [0, 0.05) is 29.1 Å². The highest BCUT2D eigenvalue weighted by Gasteiger charge is 2.18. The fraction of sp³-hybridized carbons (Fsp3) is 0.526. The molecule has 0 atom stereocenters. The summed E-state index contributed by atoms with van der Waals surface area (Å²) in [5, 5.41) is 13.3. The molecular weight excluding hydrogens is 368 g/mol. The van der Waals surface area contributed by atoms with E-state index in [2.05, 4.69) is 21.2 Å². The number of halogens is 1. The number of hydrogen-bond donors (Lipinski definition) is 2. The topological polar surface area (TPSA) is 54.3 Å². The van der Waals surface area contributed by atoms with Crippen LogP contribution < -0.4 is 5.32 Å². The number of nitrogens with zero attached hydrogens (tertiary/aromatic N) is 1. The molecule has 1 aliphatic rings. The number of hydrogen-bond acceptors (Lipinski definition) is 2. The number of benzene rings is 1. The molecule has 24 heavy (non-hydrogen) atoms. The number of aliphatic hydroxyl groups is 1. The van der Waals surface area contributed by atoms with Crippen LogP contribution in [0.4, 0.5) is 0 Å². The van der Waals surface area contributed by atoms with Crippen LogP contribution in [0.5, 0.6) is 0 Å². The second-order valence-corrected chi connectivity index (χ2v) is 7.50. The summed E-state index contributed by atoms with van der Waals surface area (Å²) in [5.74, 6) is 0.737. The summed E-state index contributed by atoms with van der Waals surface area (Å²) >= 11 is 3.56. The molecule has 1 amide bonds. The van der Waals surface area contributed by atoms with Crippen molar-refractivity contribution >= 4 is 32.7 Å². The summed E-state index contributed by atoms with van der Waals surface area (Å²) in [6.07, 6.45) is 9.56. The number of rotatable bonds is 6.